The Bertz CT molecular complexity index is 385. The molecule has 0 amide bonds. The minimum Gasteiger partial charge on any atom is -0.321 e. The summed E-state index contributed by atoms with van der Waals surface area (Å²) >= 11 is 0. The molecule has 1 nitrogen and oxygen atoms in total. The third kappa shape index (κ3) is 2.92. The number of benzene rings is 1. The van der Waals surface area contributed by atoms with Gasteiger partial charge in [-0.3, -0.25) is 0 Å². The molecule has 0 spiro atoms. The zero-order valence-corrected chi connectivity index (χ0v) is 11.5. The summed E-state index contributed by atoms with van der Waals surface area (Å²) in [5.74, 6) is 1.34. The predicted molar refractivity (Wildman–Crippen MR) is 73.7 cm³/mol. The Balaban J connectivity index is 2.14. The Labute approximate surface area is 110 Å². The minimum atomic E-state index is -0.253. The first-order valence-electron chi connectivity index (χ1n) is 7.06. The zero-order chi connectivity index (χ0) is 13.2. The van der Waals surface area contributed by atoms with E-state index in [-0.39, 0.29) is 11.4 Å². The van der Waals surface area contributed by atoms with Crippen molar-refractivity contribution in [3.05, 3.63) is 35.6 Å². The fourth-order valence-electron chi connectivity index (χ4n) is 3.13. The first kappa shape index (κ1) is 13.5. The van der Waals surface area contributed by atoms with E-state index in [1.54, 1.807) is 0 Å². The second-order valence-corrected chi connectivity index (χ2v) is 6.10. The fourth-order valence-corrected chi connectivity index (χ4v) is 3.13. The van der Waals surface area contributed by atoms with Crippen molar-refractivity contribution >= 4 is 0 Å². The molecular formula is C16H24FN. The molecule has 0 aliphatic heterocycles. The van der Waals surface area contributed by atoms with E-state index in [0.29, 0.717) is 0 Å². The van der Waals surface area contributed by atoms with Crippen LogP contribution in [0, 0.1) is 17.7 Å². The van der Waals surface area contributed by atoms with E-state index in [1.807, 2.05) is 12.1 Å². The van der Waals surface area contributed by atoms with Gasteiger partial charge in [-0.2, -0.15) is 0 Å². The summed E-state index contributed by atoms with van der Waals surface area (Å²) in [6, 6.07) is 6.75. The van der Waals surface area contributed by atoms with Crippen LogP contribution in [-0.4, -0.2) is 0 Å². The lowest BCUT2D eigenvalue weighted by atomic mass is 9.82. The van der Waals surface area contributed by atoms with E-state index in [9.17, 15) is 4.39 Å². The van der Waals surface area contributed by atoms with E-state index < -0.39 is 0 Å². The summed E-state index contributed by atoms with van der Waals surface area (Å²) in [5.41, 5.74) is 7.41. The highest BCUT2D eigenvalue weighted by Gasteiger charge is 2.31. The molecule has 1 fully saturated rings. The van der Waals surface area contributed by atoms with Crippen LogP contribution in [0.15, 0.2) is 24.3 Å². The average Bonchev–Trinajstić information content (AvgIpc) is 2.53. The maximum Gasteiger partial charge on any atom is 0.123 e. The van der Waals surface area contributed by atoms with E-state index in [4.69, 9.17) is 5.73 Å². The van der Waals surface area contributed by atoms with E-state index in [0.717, 1.165) is 30.2 Å². The topological polar surface area (TPSA) is 26.0 Å². The van der Waals surface area contributed by atoms with Crippen molar-refractivity contribution in [3.8, 4) is 0 Å². The molecule has 2 unspecified atom stereocenters. The summed E-state index contributed by atoms with van der Waals surface area (Å²) in [7, 11) is 0. The lowest BCUT2D eigenvalue weighted by Gasteiger charge is -2.29. The Morgan fingerprint density at radius 1 is 1.17 bits per heavy atom. The molecule has 2 atom stereocenters. The van der Waals surface area contributed by atoms with Gasteiger partial charge >= 0.3 is 0 Å². The second kappa shape index (κ2) is 5.40. The van der Waals surface area contributed by atoms with E-state index >= 15 is 0 Å². The SMILES string of the molecule is CC(C)C1CCCC(N)(c2ccc(F)cc2)CC1. The number of rotatable bonds is 2. The number of hydrogen-bond acceptors (Lipinski definition) is 1. The summed E-state index contributed by atoms with van der Waals surface area (Å²) in [4.78, 5) is 0. The quantitative estimate of drug-likeness (QED) is 0.780. The molecule has 2 rings (SSSR count). The predicted octanol–water partition coefficient (Wildman–Crippen LogP) is 4.22. The molecule has 100 valence electrons. The number of halogens is 1. The van der Waals surface area contributed by atoms with Crippen LogP contribution >= 0.6 is 0 Å². The largest absolute Gasteiger partial charge is 0.321 e. The molecule has 0 aromatic heterocycles. The first-order chi connectivity index (χ1) is 8.51. The second-order valence-electron chi connectivity index (χ2n) is 6.10. The van der Waals surface area contributed by atoms with Gasteiger partial charge in [0.05, 0.1) is 0 Å². The zero-order valence-electron chi connectivity index (χ0n) is 11.5. The average molecular weight is 249 g/mol. The molecule has 2 heteroatoms. The highest BCUT2D eigenvalue weighted by atomic mass is 19.1. The van der Waals surface area contributed by atoms with Gasteiger partial charge in [0.25, 0.3) is 0 Å². The van der Waals surface area contributed by atoms with Crippen LogP contribution < -0.4 is 5.73 Å². The van der Waals surface area contributed by atoms with Gasteiger partial charge in [-0.25, -0.2) is 4.39 Å². The molecule has 1 aliphatic carbocycles. The molecule has 18 heavy (non-hydrogen) atoms. The minimum absolute atomic E-state index is 0.184. The molecule has 0 radical (unpaired) electrons. The molecule has 0 saturated heterocycles. The maximum atomic E-state index is 13.0. The molecule has 1 aliphatic rings. The van der Waals surface area contributed by atoms with E-state index in [2.05, 4.69) is 13.8 Å². The summed E-state index contributed by atoms with van der Waals surface area (Å²) in [6.45, 7) is 4.60. The van der Waals surface area contributed by atoms with Crippen LogP contribution in [0.3, 0.4) is 0 Å². The lowest BCUT2D eigenvalue weighted by Crippen LogP contribution is -2.36. The fraction of sp³-hybridized carbons (Fsp3) is 0.625. The lowest BCUT2D eigenvalue weighted by molar-refractivity contribution is 0.325. The van der Waals surface area contributed by atoms with Gasteiger partial charge in [0, 0.05) is 5.54 Å². The van der Waals surface area contributed by atoms with Gasteiger partial charge in [-0.1, -0.05) is 38.8 Å². The van der Waals surface area contributed by atoms with Gasteiger partial charge in [-0.15, -0.1) is 0 Å². The summed E-state index contributed by atoms with van der Waals surface area (Å²) in [5, 5.41) is 0. The van der Waals surface area contributed by atoms with Crippen molar-refractivity contribution in [1.29, 1.82) is 0 Å². The van der Waals surface area contributed by atoms with Crippen LogP contribution in [-0.2, 0) is 5.54 Å². The third-order valence-corrected chi connectivity index (χ3v) is 4.52. The van der Waals surface area contributed by atoms with Crippen LogP contribution in [0.4, 0.5) is 4.39 Å². The molecule has 0 bridgehead atoms. The smallest absolute Gasteiger partial charge is 0.123 e. The van der Waals surface area contributed by atoms with Crippen molar-refractivity contribution in [2.75, 3.05) is 0 Å². The van der Waals surface area contributed by atoms with Gasteiger partial charge in [-0.05, 0) is 48.8 Å². The van der Waals surface area contributed by atoms with Crippen molar-refractivity contribution in [1.82, 2.24) is 0 Å². The van der Waals surface area contributed by atoms with Gasteiger partial charge in [0.2, 0.25) is 0 Å². The summed E-state index contributed by atoms with van der Waals surface area (Å²) in [6.07, 6.45) is 5.67. The highest BCUT2D eigenvalue weighted by molar-refractivity contribution is 5.24. The molecule has 1 aromatic rings. The van der Waals surface area contributed by atoms with Crippen LogP contribution in [0.1, 0.15) is 51.5 Å². The van der Waals surface area contributed by atoms with Crippen molar-refractivity contribution < 1.29 is 4.39 Å². The normalized spacial score (nSPS) is 29.3. The van der Waals surface area contributed by atoms with Crippen molar-refractivity contribution in [2.45, 2.75) is 51.5 Å². The molecule has 1 aromatic carbocycles. The number of nitrogens with two attached hydrogens (primary N) is 1. The molecule has 0 heterocycles. The van der Waals surface area contributed by atoms with Crippen LogP contribution in [0.5, 0.6) is 0 Å². The Kier molecular flexibility index (Phi) is 4.06. The highest BCUT2D eigenvalue weighted by Crippen LogP contribution is 2.38. The first-order valence-corrected chi connectivity index (χ1v) is 7.06. The van der Waals surface area contributed by atoms with Crippen LogP contribution in [0.2, 0.25) is 0 Å². The maximum absolute atomic E-state index is 13.0. The van der Waals surface area contributed by atoms with Gasteiger partial charge in [0.15, 0.2) is 0 Å². The van der Waals surface area contributed by atoms with Crippen LogP contribution in [0.25, 0.3) is 0 Å². The van der Waals surface area contributed by atoms with Gasteiger partial charge in [0.1, 0.15) is 5.82 Å². The Morgan fingerprint density at radius 2 is 1.83 bits per heavy atom. The Morgan fingerprint density at radius 3 is 2.44 bits per heavy atom. The van der Waals surface area contributed by atoms with E-state index in [1.165, 1.54) is 31.4 Å². The number of hydrogen-bond donors (Lipinski definition) is 1. The molecule has 1 saturated carbocycles. The van der Waals surface area contributed by atoms with Crippen molar-refractivity contribution in [3.63, 3.8) is 0 Å². The van der Waals surface area contributed by atoms with Gasteiger partial charge < -0.3 is 5.73 Å². The van der Waals surface area contributed by atoms with Crippen molar-refractivity contribution in [2.24, 2.45) is 17.6 Å². The third-order valence-electron chi connectivity index (χ3n) is 4.52. The Hall–Kier alpha value is -0.890. The summed E-state index contributed by atoms with van der Waals surface area (Å²) < 4.78 is 13.0. The molecule has 2 N–H and O–H groups in total. The monoisotopic (exact) mass is 249 g/mol. The molecular weight excluding hydrogens is 225 g/mol. The standard InChI is InChI=1S/C16H24FN/c1-12(2)13-4-3-10-16(18,11-9-13)14-5-7-15(17)8-6-14/h5-8,12-13H,3-4,9-11,18H2,1-2H3.